The molecule has 0 saturated heterocycles. The van der Waals surface area contributed by atoms with Crippen molar-refractivity contribution in [3.63, 3.8) is 0 Å². The van der Waals surface area contributed by atoms with Gasteiger partial charge in [-0.3, -0.25) is 11.3 Å². The van der Waals surface area contributed by atoms with Gasteiger partial charge in [0.25, 0.3) is 0 Å². The lowest BCUT2D eigenvalue weighted by Crippen LogP contribution is -2.30. The third-order valence-electron chi connectivity index (χ3n) is 3.15. The molecule has 0 spiro atoms. The molecule has 2 nitrogen and oxygen atoms in total. The Morgan fingerprint density at radius 2 is 1.89 bits per heavy atom. The Bertz CT molecular complexity index is 555. The van der Waals surface area contributed by atoms with Gasteiger partial charge in [0.2, 0.25) is 0 Å². The van der Waals surface area contributed by atoms with Crippen molar-refractivity contribution >= 4 is 22.6 Å². The van der Waals surface area contributed by atoms with Crippen molar-refractivity contribution in [1.82, 2.24) is 5.43 Å². The lowest BCUT2D eigenvalue weighted by atomic mass is 9.98. The lowest BCUT2D eigenvalue weighted by Gasteiger charge is -2.19. The highest BCUT2D eigenvalue weighted by molar-refractivity contribution is 14.1. The van der Waals surface area contributed by atoms with Crippen molar-refractivity contribution in [2.24, 2.45) is 5.84 Å². The van der Waals surface area contributed by atoms with Crippen LogP contribution < -0.4 is 11.3 Å². The largest absolute Gasteiger partial charge is 0.271 e. The van der Waals surface area contributed by atoms with Crippen molar-refractivity contribution in [2.75, 3.05) is 0 Å². The highest BCUT2D eigenvalue weighted by Gasteiger charge is 2.14. The summed E-state index contributed by atoms with van der Waals surface area (Å²) in [7, 11) is 0. The first-order valence-corrected chi connectivity index (χ1v) is 7.15. The predicted octanol–water partition coefficient (Wildman–Crippen LogP) is 3.49. The van der Waals surface area contributed by atoms with E-state index in [2.05, 4.69) is 47.1 Å². The Kier molecular flexibility index (Phi) is 4.90. The first-order valence-electron chi connectivity index (χ1n) is 6.07. The summed E-state index contributed by atoms with van der Waals surface area (Å²) in [6, 6.07) is 12.7. The van der Waals surface area contributed by atoms with E-state index in [-0.39, 0.29) is 11.9 Å². The third kappa shape index (κ3) is 3.52. The molecule has 0 aliphatic carbocycles. The molecule has 0 aliphatic heterocycles. The zero-order chi connectivity index (χ0) is 13.8. The van der Waals surface area contributed by atoms with Crippen molar-refractivity contribution in [2.45, 2.75) is 19.4 Å². The summed E-state index contributed by atoms with van der Waals surface area (Å²) < 4.78 is 14.1. The van der Waals surface area contributed by atoms with Crippen LogP contribution in [0, 0.1) is 16.3 Å². The standard InChI is InChI=1S/C15H16FIN2/c1-10-3-2-4-13(15(10)17)14(19-18)9-11-5-7-12(16)8-6-11/h2-8,14,19H,9,18H2,1H3. The van der Waals surface area contributed by atoms with Gasteiger partial charge in [0.15, 0.2) is 0 Å². The summed E-state index contributed by atoms with van der Waals surface area (Å²) in [6.45, 7) is 2.08. The highest BCUT2D eigenvalue weighted by Crippen LogP contribution is 2.25. The van der Waals surface area contributed by atoms with E-state index in [0.29, 0.717) is 0 Å². The van der Waals surface area contributed by atoms with Gasteiger partial charge in [-0.2, -0.15) is 0 Å². The van der Waals surface area contributed by atoms with Crippen LogP contribution in [0.4, 0.5) is 4.39 Å². The van der Waals surface area contributed by atoms with E-state index >= 15 is 0 Å². The molecule has 0 saturated carbocycles. The summed E-state index contributed by atoms with van der Waals surface area (Å²) >= 11 is 2.34. The van der Waals surface area contributed by atoms with Crippen LogP contribution in [0.1, 0.15) is 22.7 Å². The van der Waals surface area contributed by atoms with Crippen LogP contribution in [-0.2, 0) is 6.42 Å². The van der Waals surface area contributed by atoms with Gasteiger partial charge in [-0.1, -0.05) is 30.3 Å². The van der Waals surface area contributed by atoms with E-state index in [9.17, 15) is 4.39 Å². The number of benzene rings is 2. The molecule has 0 aromatic heterocycles. The zero-order valence-corrected chi connectivity index (χ0v) is 12.8. The van der Waals surface area contributed by atoms with Crippen LogP contribution in [-0.4, -0.2) is 0 Å². The first kappa shape index (κ1) is 14.4. The summed E-state index contributed by atoms with van der Waals surface area (Å²) in [5, 5.41) is 0. The zero-order valence-electron chi connectivity index (χ0n) is 10.7. The van der Waals surface area contributed by atoms with Crippen LogP contribution in [0.2, 0.25) is 0 Å². The normalized spacial score (nSPS) is 12.4. The number of hydrogen-bond donors (Lipinski definition) is 2. The minimum Gasteiger partial charge on any atom is -0.271 e. The number of nitrogens with one attached hydrogen (secondary N) is 1. The molecule has 0 heterocycles. The van der Waals surface area contributed by atoms with Crippen LogP contribution >= 0.6 is 22.6 Å². The van der Waals surface area contributed by atoms with Gasteiger partial charge in [0.05, 0.1) is 6.04 Å². The first-order chi connectivity index (χ1) is 9.11. The maximum atomic E-state index is 12.9. The molecule has 1 atom stereocenters. The molecule has 0 aliphatic rings. The van der Waals surface area contributed by atoms with Crippen LogP contribution in [0.25, 0.3) is 0 Å². The summed E-state index contributed by atoms with van der Waals surface area (Å²) in [5.41, 5.74) is 6.32. The maximum absolute atomic E-state index is 12.9. The molecule has 1 unspecified atom stereocenters. The van der Waals surface area contributed by atoms with Gasteiger partial charge in [0, 0.05) is 3.57 Å². The molecule has 0 amide bonds. The smallest absolute Gasteiger partial charge is 0.123 e. The van der Waals surface area contributed by atoms with E-state index < -0.39 is 0 Å². The van der Waals surface area contributed by atoms with Crippen molar-refractivity contribution < 1.29 is 4.39 Å². The number of halogens is 2. The summed E-state index contributed by atoms with van der Waals surface area (Å²) in [4.78, 5) is 0. The van der Waals surface area contributed by atoms with Gasteiger partial charge in [-0.15, -0.1) is 0 Å². The van der Waals surface area contributed by atoms with Gasteiger partial charge < -0.3 is 0 Å². The average Bonchev–Trinajstić information content (AvgIpc) is 2.42. The van der Waals surface area contributed by atoms with E-state index in [0.717, 1.165) is 12.0 Å². The highest BCUT2D eigenvalue weighted by atomic mass is 127. The Balaban J connectivity index is 2.25. The van der Waals surface area contributed by atoms with E-state index in [1.165, 1.54) is 26.8 Å². The third-order valence-corrected chi connectivity index (χ3v) is 4.62. The molecule has 19 heavy (non-hydrogen) atoms. The minimum atomic E-state index is -0.217. The van der Waals surface area contributed by atoms with Crippen molar-refractivity contribution in [3.05, 3.63) is 68.5 Å². The number of rotatable bonds is 4. The van der Waals surface area contributed by atoms with E-state index in [4.69, 9.17) is 5.84 Å². The fourth-order valence-electron chi connectivity index (χ4n) is 2.05. The molecule has 0 radical (unpaired) electrons. The molecule has 4 heteroatoms. The Morgan fingerprint density at radius 3 is 2.53 bits per heavy atom. The molecule has 0 bridgehead atoms. The Labute approximate surface area is 126 Å². The molecular formula is C15H16FIN2. The van der Waals surface area contributed by atoms with Gasteiger partial charge >= 0.3 is 0 Å². The summed E-state index contributed by atoms with van der Waals surface area (Å²) in [6.07, 6.45) is 0.732. The van der Waals surface area contributed by atoms with Crippen LogP contribution in [0.5, 0.6) is 0 Å². The SMILES string of the molecule is Cc1cccc(C(Cc2ccc(F)cc2)NN)c1I. The predicted molar refractivity (Wildman–Crippen MR) is 84.1 cm³/mol. The molecule has 100 valence electrons. The van der Waals surface area contributed by atoms with Gasteiger partial charge in [-0.05, 0) is 64.8 Å². The van der Waals surface area contributed by atoms with Crippen molar-refractivity contribution in [1.29, 1.82) is 0 Å². The Hall–Kier alpha value is -0.980. The van der Waals surface area contributed by atoms with Crippen molar-refractivity contribution in [3.8, 4) is 0 Å². The number of hydrogen-bond acceptors (Lipinski definition) is 2. The maximum Gasteiger partial charge on any atom is 0.123 e. The second-order valence-electron chi connectivity index (χ2n) is 4.53. The fraction of sp³-hybridized carbons (Fsp3) is 0.200. The Morgan fingerprint density at radius 1 is 1.21 bits per heavy atom. The molecule has 2 aromatic carbocycles. The fourth-order valence-corrected chi connectivity index (χ4v) is 2.79. The van der Waals surface area contributed by atoms with Crippen LogP contribution in [0.15, 0.2) is 42.5 Å². The summed E-state index contributed by atoms with van der Waals surface area (Å²) in [5.74, 6) is 5.46. The van der Waals surface area contributed by atoms with Gasteiger partial charge in [-0.25, -0.2) is 4.39 Å². The second kappa shape index (κ2) is 6.45. The minimum absolute atomic E-state index is 0.0252. The molecule has 3 N–H and O–H groups in total. The number of aryl methyl sites for hydroxylation is 1. The molecule has 2 rings (SSSR count). The number of nitrogens with two attached hydrogens (primary N) is 1. The second-order valence-corrected chi connectivity index (χ2v) is 5.61. The van der Waals surface area contributed by atoms with Crippen LogP contribution in [0.3, 0.4) is 0 Å². The quantitative estimate of drug-likeness (QED) is 0.491. The van der Waals surface area contributed by atoms with Gasteiger partial charge in [0.1, 0.15) is 5.82 Å². The molecular weight excluding hydrogens is 354 g/mol. The topological polar surface area (TPSA) is 38.0 Å². The number of hydrazine groups is 1. The lowest BCUT2D eigenvalue weighted by molar-refractivity contribution is 0.548. The average molecular weight is 370 g/mol. The monoisotopic (exact) mass is 370 g/mol. The molecule has 0 fully saturated rings. The van der Waals surface area contributed by atoms with E-state index in [1.54, 1.807) is 12.1 Å². The van der Waals surface area contributed by atoms with E-state index in [1.807, 2.05) is 6.07 Å². The molecule has 2 aromatic rings.